The first-order chi connectivity index (χ1) is 7.08. The van der Waals surface area contributed by atoms with Gasteiger partial charge in [0.1, 0.15) is 5.75 Å². The van der Waals surface area contributed by atoms with E-state index in [4.69, 9.17) is 21.4 Å². The minimum atomic E-state index is -1.07. The van der Waals surface area contributed by atoms with Gasteiger partial charge in [-0.3, -0.25) is 0 Å². The van der Waals surface area contributed by atoms with E-state index in [-0.39, 0.29) is 6.42 Å². The minimum absolute atomic E-state index is 0.0443. The van der Waals surface area contributed by atoms with Crippen LogP contribution in [0.15, 0.2) is 18.2 Å². The van der Waals surface area contributed by atoms with Crippen molar-refractivity contribution in [2.45, 2.75) is 18.6 Å². The molecule has 1 aliphatic rings. The molecule has 2 atom stereocenters. The number of benzene rings is 1. The van der Waals surface area contributed by atoms with Crippen LogP contribution in [0.5, 0.6) is 5.75 Å². The summed E-state index contributed by atoms with van der Waals surface area (Å²) in [5, 5.41) is 19.0. The van der Waals surface area contributed by atoms with Crippen LogP contribution in [-0.4, -0.2) is 22.3 Å². The second-order valence-corrected chi connectivity index (χ2v) is 3.81. The zero-order valence-electron chi connectivity index (χ0n) is 7.68. The summed E-state index contributed by atoms with van der Waals surface area (Å²) in [5.41, 5.74) is 0.542. The summed E-state index contributed by atoms with van der Waals surface area (Å²) in [4.78, 5) is 10.7. The number of carbonyl (C=O) groups is 1. The van der Waals surface area contributed by atoms with Crippen molar-refractivity contribution in [3.05, 3.63) is 28.8 Å². The summed E-state index contributed by atoms with van der Waals surface area (Å²) in [6.45, 7) is 0. The summed E-state index contributed by atoms with van der Waals surface area (Å²) < 4.78 is 5.20. The highest BCUT2D eigenvalue weighted by Crippen LogP contribution is 2.36. The van der Waals surface area contributed by atoms with E-state index in [0.29, 0.717) is 16.3 Å². The van der Waals surface area contributed by atoms with E-state index in [2.05, 4.69) is 0 Å². The van der Waals surface area contributed by atoms with Crippen molar-refractivity contribution in [2.75, 3.05) is 0 Å². The zero-order valence-corrected chi connectivity index (χ0v) is 8.44. The number of aliphatic carboxylic acids is 1. The second-order valence-electron chi connectivity index (χ2n) is 3.38. The van der Waals surface area contributed by atoms with Gasteiger partial charge in [0.2, 0.25) is 0 Å². The number of hydrogen-bond acceptors (Lipinski definition) is 3. The largest absolute Gasteiger partial charge is 0.479 e. The first-order valence-electron chi connectivity index (χ1n) is 4.45. The average molecular weight is 229 g/mol. The Morgan fingerprint density at radius 2 is 2.27 bits per heavy atom. The van der Waals surface area contributed by atoms with Gasteiger partial charge in [0, 0.05) is 17.0 Å². The minimum Gasteiger partial charge on any atom is -0.479 e. The Morgan fingerprint density at radius 1 is 1.53 bits per heavy atom. The van der Waals surface area contributed by atoms with Crippen LogP contribution in [0, 0.1) is 0 Å². The summed E-state index contributed by atoms with van der Waals surface area (Å²) in [5.74, 6) is -0.694. The van der Waals surface area contributed by atoms with Crippen molar-refractivity contribution in [2.24, 2.45) is 0 Å². The third-order valence-electron chi connectivity index (χ3n) is 2.31. The quantitative estimate of drug-likeness (QED) is 0.766. The maximum Gasteiger partial charge on any atom is 0.345 e. The predicted octanol–water partition coefficient (Wildman–Crippen LogP) is 1.61. The molecule has 2 rings (SSSR count). The van der Waals surface area contributed by atoms with Crippen LogP contribution < -0.4 is 4.74 Å². The van der Waals surface area contributed by atoms with Gasteiger partial charge in [0.25, 0.3) is 0 Å². The van der Waals surface area contributed by atoms with Crippen LogP contribution >= 0.6 is 11.6 Å². The first kappa shape index (κ1) is 10.3. The number of carboxylic acid groups (broad SMARTS) is 1. The Bertz CT molecular complexity index is 404. The van der Waals surface area contributed by atoms with Crippen molar-refractivity contribution >= 4 is 17.6 Å². The maximum atomic E-state index is 10.7. The van der Waals surface area contributed by atoms with Crippen LogP contribution in [-0.2, 0) is 4.79 Å². The number of fused-ring (bicyclic) bond motifs is 1. The predicted molar refractivity (Wildman–Crippen MR) is 53.1 cm³/mol. The number of rotatable bonds is 1. The molecule has 1 heterocycles. The highest BCUT2D eigenvalue weighted by atomic mass is 35.5. The maximum absolute atomic E-state index is 10.7. The molecule has 0 fully saturated rings. The fourth-order valence-electron chi connectivity index (χ4n) is 1.57. The lowest BCUT2D eigenvalue weighted by Crippen LogP contribution is -2.32. The molecule has 0 bridgehead atoms. The molecule has 15 heavy (non-hydrogen) atoms. The van der Waals surface area contributed by atoms with E-state index in [1.54, 1.807) is 18.2 Å². The van der Waals surface area contributed by atoms with Crippen LogP contribution in [0.3, 0.4) is 0 Å². The standard InChI is InChI=1S/C10H9ClO4/c11-5-1-2-8-6(3-5)7(12)4-9(15-8)10(13)14/h1-3,7,9,12H,4H2,(H,13,14). The molecule has 4 nitrogen and oxygen atoms in total. The van der Waals surface area contributed by atoms with Gasteiger partial charge in [-0.2, -0.15) is 0 Å². The molecule has 2 N–H and O–H groups in total. The molecule has 0 aromatic heterocycles. The Balaban J connectivity index is 2.36. The Labute approximate surface area is 91.1 Å². The van der Waals surface area contributed by atoms with Gasteiger partial charge >= 0.3 is 5.97 Å². The van der Waals surface area contributed by atoms with Crippen molar-refractivity contribution in [1.29, 1.82) is 0 Å². The summed E-state index contributed by atoms with van der Waals surface area (Å²) >= 11 is 5.76. The molecule has 80 valence electrons. The van der Waals surface area contributed by atoms with Crippen LogP contribution in [0.1, 0.15) is 18.1 Å². The van der Waals surface area contributed by atoms with E-state index in [9.17, 15) is 9.90 Å². The lowest BCUT2D eigenvalue weighted by Gasteiger charge is -2.27. The van der Waals surface area contributed by atoms with E-state index in [0.717, 1.165) is 0 Å². The third kappa shape index (κ3) is 1.91. The van der Waals surface area contributed by atoms with Gasteiger partial charge < -0.3 is 14.9 Å². The van der Waals surface area contributed by atoms with Gasteiger partial charge in [-0.05, 0) is 18.2 Å². The average Bonchev–Trinajstić information content (AvgIpc) is 2.18. The highest BCUT2D eigenvalue weighted by molar-refractivity contribution is 6.30. The first-order valence-corrected chi connectivity index (χ1v) is 4.82. The molecule has 5 heteroatoms. The second kappa shape index (κ2) is 3.72. The SMILES string of the molecule is O=C(O)C1CC(O)c2cc(Cl)ccc2O1. The van der Waals surface area contributed by atoms with Gasteiger partial charge in [-0.25, -0.2) is 4.79 Å². The van der Waals surface area contributed by atoms with Crippen molar-refractivity contribution in [3.63, 3.8) is 0 Å². The van der Waals surface area contributed by atoms with Crippen molar-refractivity contribution in [1.82, 2.24) is 0 Å². The molecule has 0 saturated heterocycles. The van der Waals surface area contributed by atoms with Crippen LogP contribution in [0.2, 0.25) is 5.02 Å². The fourth-order valence-corrected chi connectivity index (χ4v) is 1.75. The molecule has 0 amide bonds. The lowest BCUT2D eigenvalue weighted by molar-refractivity contribution is -0.147. The molecule has 0 radical (unpaired) electrons. The molecule has 0 spiro atoms. The Hall–Kier alpha value is -1.26. The van der Waals surface area contributed by atoms with Crippen molar-refractivity contribution in [3.8, 4) is 5.75 Å². The lowest BCUT2D eigenvalue weighted by atomic mass is 9.99. The number of aliphatic hydroxyl groups excluding tert-OH is 1. The van der Waals surface area contributed by atoms with Crippen LogP contribution in [0.25, 0.3) is 0 Å². The number of hydrogen-bond donors (Lipinski definition) is 2. The Kier molecular flexibility index (Phi) is 2.54. The van der Waals surface area contributed by atoms with E-state index in [1.807, 2.05) is 0 Å². The number of halogens is 1. The molecule has 1 aromatic rings. The third-order valence-corrected chi connectivity index (χ3v) is 2.55. The molecule has 0 aliphatic carbocycles. The highest BCUT2D eigenvalue weighted by Gasteiger charge is 2.31. The number of aliphatic hydroxyl groups is 1. The Morgan fingerprint density at radius 3 is 2.93 bits per heavy atom. The molecular formula is C10H9ClO4. The normalized spacial score (nSPS) is 24.1. The van der Waals surface area contributed by atoms with E-state index >= 15 is 0 Å². The molecule has 2 unspecified atom stereocenters. The molecular weight excluding hydrogens is 220 g/mol. The topological polar surface area (TPSA) is 66.8 Å². The molecule has 0 saturated carbocycles. The van der Waals surface area contributed by atoms with E-state index < -0.39 is 18.2 Å². The van der Waals surface area contributed by atoms with Crippen LogP contribution in [0.4, 0.5) is 0 Å². The van der Waals surface area contributed by atoms with Gasteiger partial charge in [-0.15, -0.1) is 0 Å². The van der Waals surface area contributed by atoms with Gasteiger partial charge in [0.15, 0.2) is 6.10 Å². The summed E-state index contributed by atoms with van der Waals surface area (Å²) in [6, 6.07) is 4.74. The van der Waals surface area contributed by atoms with E-state index in [1.165, 1.54) is 0 Å². The monoisotopic (exact) mass is 228 g/mol. The van der Waals surface area contributed by atoms with Gasteiger partial charge in [-0.1, -0.05) is 11.6 Å². The summed E-state index contributed by atoms with van der Waals surface area (Å²) in [6.07, 6.45) is -1.79. The summed E-state index contributed by atoms with van der Waals surface area (Å²) in [7, 11) is 0. The van der Waals surface area contributed by atoms with Crippen molar-refractivity contribution < 1.29 is 19.7 Å². The molecule has 1 aliphatic heterocycles. The zero-order chi connectivity index (χ0) is 11.0. The molecule has 1 aromatic carbocycles. The number of carboxylic acids is 1. The number of ether oxygens (including phenoxy) is 1. The smallest absolute Gasteiger partial charge is 0.345 e. The van der Waals surface area contributed by atoms with Gasteiger partial charge in [0.05, 0.1) is 6.10 Å². The fraction of sp³-hybridized carbons (Fsp3) is 0.300.